The van der Waals surface area contributed by atoms with Crippen LogP contribution in [0.5, 0.6) is 11.6 Å². The number of fused-ring (bicyclic) bond motifs is 3. The van der Waals surface area contributed by atoms with Gasteiger partial charge in [0.1, 0.15) is 5.75 Å². The van der Waals surface area contributed by atoms with E-state index in [0.29, 0.717) is 11.5 Å². The standard InChI is InChI=1S/C21H16N3O.C9H16O2.Ir/c1-21(2,3)15-6-7-16-17-13(15)8-10-22-18(17)14-11-12-5-4-9-23-19(12)24-20(14)25-16;1-6(2)8(10)5-9(11)7(3)4;/h4-10H,1-3H3;5-7,10H,1-4H3;/q-1;;/b;8-5-;. The molecule has 5 rings (SSSR count). The van der Waals surface area contributed by atoms with Crippen LogP contribution >= 0.6 is 0 Å². The van der Waals surface area contributed by atoms with Crippen LogP contribution in [0.3, 0.4) is 0 Å². The van der Waals surface area contributed by atoms with Crippen molar-refractivity contribution in [1.29, 1.82) is 0 Å². The van der Waals surface area contributed by atoms with Crippen molar-refractivity contribution in [3.05, 3.63) is 66.2 Å². The third-order valence-electron chi connectivity index (χ3n) is 6.06. The Kier molecular flexibility index (Phi) is 8.51. The summed E-state index contributed by atoms with van der Waals surface area (Å²) in [5.41, 5.74) is 3.61. The van der Waals surface area contributed by atoms with E-state index in [-0.39, 0.29) is 48.9 Å². The van der Waals surface area contributed by atoms with Crippen molar-refractivity contribution in [3.8, 4) is 22.9 Å². The van der Waals surface area contributed by atoms with Gasteiger partial charge in [0.05, 0.1) is 11.4 Å². The van der Waals surface area contributed by atoms with Gasteiger partial charge in [0.25, 0.3) is 0 Å². The normalized spacial score (nSPS) is 12.5. The fraction of sp³-hybridized carbons (Fsp3) is 0.333. The van der Waals surface area contributed by atoms with E-state index >= 15 is 0 Å². The van der Waals surface area contributed by atoms with E-state index in [0.717, 1.165) is 27.8 Å². The van der Waals surface area contributed by atoms with Crippen molar-refractivity contribution in [2.45, 2.75) is 53.9 Å². The van der Waals surface area contributed by atoms with Crippen LogP contribution < -0.4 is 4.74 Å². The summed E-state index contributed by atoms with van der Waals surface area (Å²) in [5.74, 6) is 1.46. The minimum absolute atomic E-state index is 0. The molecular formula is C30H32IrN3O3-. The van der Waals surface area contributed by atoms with Crippen molar-refractivity contribution in [2.75, 3.05) is 0 Å². The largest absolute Gasteiger partial charge is 0.512 e. The fourth-order valence-corrected chi connectivity index (χ4v) is 3.94. The summed E-state index contributed by atoms with van der Waals surface area (Å²) in [4.78, 5) is 24.5. The number of carbonyl (C=O) groups is 1. The number of benzene rings is 1. The van der Waals surface area contributed by atoms with Crippen LogP contribution in [0.1, 0.15) is 54.0 Å². The van der Waals surface area contributed by atoms with Crippen LogP contribution in [0.2, 0.25) is 0 Å². The van der Waals surface area contributed by atoms with Gasteiger partial charge in [-0.3, -0.25) is 19.7 Å². The molecule has 0 bridgehead atoms. The van der Waals surface area contributed by atoms with Gasteiger partial charge in [-0.25, -0.2) is 0 Å². The van der Waals surface area contributed by atoms with Crippen LogP contribution in [0, 0.1) is 17.9 Å². The topological polar surface area (TPSA) is 85.2 Å². The number of aromatic nitrogens is 3. The first-order chi connectivity index (χ1) is 17.0. The van der Waals surface area contributed by atoms with Crippen LogP contribution in [0.4, 0.5) is 0 Å². The number of hydrogen-bond acceptors (Lipinski definition) is 6. The van der Waals surface area contributed by atoms with Gasteiger partial charge in [-0.05, 0) is 34.1 Å². The number of allylic oxidation sites excluding steroid dienone is 2. The Hall–Kier alpha value is -3.15. The first-order valence-corrected chi connectivity index (χ1v) is 12.2. The predicted molar refractivity (Wildman–Crippen MR) is 143 cm³/mol. The van der Waals surface area contributed by atoms with Crippen molar-refractivity contribution in [2.24, 2.45) is 11.8 Å². The fourth-order valence-electron chi connectivity index (χ4n) is 3.94. The zero-order valence-corrected chi connectivity index (χ0v) is 24.6. The van der Waals surface area contributed by atoms with E-state index < -0.39 is 0 Å². The minimum Gasteiger partial charge on any atom is -0.512 e. The molecule has 0 saturated heterocycles. The molecule has 0 aliphatic carbocycles. The van der Waals surface area contributed by atoms with Crippen molar-refractivity contribution in [3.63, 3.8) is 0 Å². The average molecular weight is 675 g/mol. The summed E-state index contributed by atoms with van der Waals surface area (Å²) in [6, 6.07) is 13.4. The summed E-state index contributed by atoms with van der Waals surface area (Å²) in [5, 5.41) is 12.2. The first kappa shape index (κ1) is 28.4. The molecule has 7 heteroatoms. The van der Waals surface area contributed by atoms with Crippen LogP contribution in [-0.4, -0.2) is 25.8 Å². The summed E-state index contributed by atoms with van der Waals surface area (Å²) in [7, 11) is 0. The van der Waals surface area contributed by atoms with Gasteiger partial charge in [-0.1, -0.05) is 66.0 Å². The molecule has 4 aromatic rings. The Morgan fingerprint density at radius 3 is 2.41 bits per heavy atom. The maximum absolute atomic E-state index is 11.0. The van der Waals surface area contributed by atoms with Gasteiger partial charge in [0, 0.05) is 61.5 Å². The van der Waals surface area contributed by atoms with Crippen LogP contribution in [0.25, 0.3) is 33.1 Å². The summed E-state index contributed by atoms with van der Waals surface area (Å²) in [6.45, 7) is 14.0. The number of aliphatic hydroxyl groups excluding tert-OH is 1. The molecule has 3 aromatic heterocycles. The molecule has 37 heavy (non-hydrogen) atoms. The molecule has 0 amide bonds. The summed E-state index contributed by atoms with van der Waals surface area (Å²) in [6.07, 6.45) is 4.89. The second-order valence-electron chi connectivity index (χ2n) is 10.6. The molecule has 1 aliphatic rings. The second kappa shape index (κ2) is 11.1. The maximum atomic E-state index is 11.0. The van der Waals surface area contributed by atoms with E-state index in [4.69, 9.17) is 4.74 Å². The number of hydrogen-bond donors (Lipinski definition) is 1. The number of carbonyl (C=O) groups excluding carboxylic acids is 1. The molecule has 1 N–H and O–H groups in total. The van der Waals surface area contributed by atoms with Crippen molar-refractivity contribution >= 4 is 27.6 Å². The van der Waals surface area contributed by atoms with Gasteiger partial charge in [-0.15, -0.1) is 12.1 Å². The minimum atomic E-state index is -0.0316. The van der Waals surface area contributed by atoms with Crippen molar-refractivity contribution in [1.82, 2.24) is 15.0 Å². The van der Waals surface area contributed by atoms with Gasteiger partial charge in [0.2, 0.25) is 0 Å². The number of ether oxygens (including phenoxy) is 1. The van der Waals surface area contributed by atoms with E-state index in [1.807, 2.05) is 52.1 Å². The average Bonchev–Trinajstić information content (AvgIpc) is 2.82. The molecule has 4 heterocycles. The van der Waals surface area contributed by atoms with Crippen molar-refractivity contribution < 1.29 is 34.7 Å². The van der Waals surface area contributed by atoms with Gasteiger partial charge in [0.15, 0.2) is 11.7 Å². The molecule has 6 nitrogen and oxygen atoms in total. The molecule has 0 fully saturated rings. The molecule has 1 radical (unpaired) electrons. The number of rotatable bonds is 3. The molecule has 1 aromatic carbocycles. The summed E-state index contributed by atoms with van der Waals surface area (Å²) >= 11 is 0. The molecule has 0 atom stereocenters. The van der Waals surface area contributed by atoms with E-state index in [2.05, 4.69) is 53.9 Å². The number of aliphatic hydroxyl groups is 1. The van der Waals surface area contributed by atoms with Crippen LogP contribution in [0.15, 0.2) is 54.6 Å². The Labute approximate surface area is 231 Å². The maximum Gasteiger partial charge on any atom is 0.161 e. The van der Waals surface area contributed by atoms with E-state index in [9.17, 15) is 9.90 Å². The number of ketones is 1. The Bertz CT molecular complexity index is 1490. The number of pyridine rings is 3. The third kappa shape index (κ3) is 5.89. The molecule has 0 spiro atoms. The molecular weight excluding hydrogens is 643 g/mol. The monoisotopic (exact) mass is 675 g/mol. The Morgan fingerprint density at radius 1 is 1.03 bits per heavy atom. The van der Waals surface area contributed by atoms with Crippen LogP contribution in [-0.2, 0) is 30.3 Å². The predicted octanol–water partition coefficient (Wildman–Crippen LogP) is 7.36. The quantitative estimate of drug-likeness (QED) is 0.122. The Morgan fingerprint density at radius 2 is 1.76 bits per heavy atom. The first-order valence-electron chi connectivity index (χ1n) is 12.2. The second-order valence-corrected chi connectivity index (χ2v) is 10.6. The Balaban J connectivity index is 0.000000273. The molecule has 1 aliphatic heterocycles. The van der Waals surface area contributed by atoms with E-state index in [1.54, 1.807) is 6.20 Å². The molecule has 195 valence electrons. The molecule has 0 saturated carbocycles. The SMILES string of the molecule is CC(C)(C)c1ccc2c3c(nccc13)-c1[c-]c3cccnc3nc1O2.CC(C)C(=O)/C=C(\O)C(C)C.[Ir]. The van der Waals surface area contributed by atoms with Gasteiger partial charge >= 0.3 is 0 Å². The zero-order valence-electron chi connectivity index (χ0n) is 22.2. The third-order valence-corrected chi connectivity index (χ3v) is 6.06. The smallest absolute Gasteiger partial charge is 0.161 e. The summed E-state index contributed by atoms with van der Waals surface area (Å²) < 4.78 is 6.10. The molecule has 0 unspecified atom stereocenters. The van der Waals surface area contributed by atoms with Gasteiger partial charge in [-0.2, -0.15) is 0 Å². The van der Waals surface area contributed by atoms with Gasteiger partial charge < -0.3 is 9.84 Å². The number of nitrogens with zero attached hydrogens (tertiary/aromatic N) is 3. The van der Waals surface area contributed by atoms with E-state index in [1.165, 1.54) is 17.0 Å². The zero-order chi connectivity index (χ0) is 26.2.